The second-order valence-corrected chi connectivity index (χ2v) is 4.71. The molecule has 0 N–H and O–H groups in total. The first-order chi connectivity index (χ1) is 3.39. The van der Waals surface area contributed by atoms with E-state index < -0.39 is 7.50 Å². The minimum Gasteiger partial charge on any atom is -0.134 e. The van der Waals surface area contributed by atoms with E-state index in [2.05, 4.69) is 17.9 Å². The van der Waals surface area contributed by atoms with Gasteiger partial charge >= 0.3 is 0 Å². The summed E-state index contributed by atoms with van der Waals surface area (Å²) >= 11 is 5.05. The molecule has 0 radical (unpaired) electrons. The van der Waals surface area contributed by atoms with Crippen molar-refractivity contribution in [1.29, 1.82) is 0 Å². The van der Waals surface area contributed by atoms with E-state index in [1.54, 1.807) is 0 Å². The number of rotatable bonds is 0. The fourth-order valence-corrected chi connectivity index (χ4v) is 1.85. The molecule has 0 saturated carbocycles. The Morgan fingerprint density at radius 3 is 2.57 bits per heavy atom. The molecule has 1 rings (SSSR count). The summed E-state index contributed by atoms with van der Waals surface area (Å²) in [5, 5.41) is 0. The SMILES string of the molecule is S=[Si]1C=CC=CC1. The molecule has 2 heteroatoms. The molecule has 7 heavy (non-hydrogen) atoms. The van der Waals surface area contributed by atoms with Crippen molar-refractivity contribution < 1.29 is 0 Å². The zero-order valence-electron chi connectivity index (χ0n) is 3.92. The van der Waals surface area contributed by atoms with Crippen molar-refractivity contribution in [2.45, 2.75) is 6.04 Å². The topological polar surface area (TPSA) is 0 Å². The third kappa shape index (κ3) is 1.45. The fourth-order valence-electron chi connectivity index (χ4n) is 0.494. The zero-order valence-corrected chi connectivity index (χ0v) is 5.74. The molecule has 0 bridgehead atoms. The van der Waals surface area contributed by atoms with Gasteiger partial charge in [-0.2, -0.15) is 0 Å². The molecule has 1 heterocycles. The second-order valence-electron chi connectivity index (χ2n) is 1.46. The summed E-state index contributed by atoms with van der Waals surface area (Å²) in [5.74, 6) is 0. The molecule has 0 amide bonds. The van der Waals surface area contributed by atoms with Crippen LogP contribution in [0.5, 0.6) is 0 Å². The van der Waals surface area contributed by atoms with Gasteiger partial charge in [0, 0.05) is 0 Å². The molecule has 0 unspecified atom stereocenters. The van der Waals surface area contributed by atoms with Crippen LogP contribution in [0.25, 0.3) is 0 Å². The van der Waals surface area contributed by atoms with E-state index in [4.69, 9.17) is 11.6 Å². The molecule has 0 fully saturated rings. The number of hydrogen-bond acceptors (Lipinski definition) is 1. The van der Waals surface area contributed by atoms with Crippen molar-refractivity contribution in [1.82, 2.24) is 0 Å². The number of hydrogen-bond donors (Lipinski definition) is 0. The maximum Gasteiger partial charge on any atom is 0.124 e. The summed E-state index contributed by atoms with van der Waals surface area (Å²) in [5.41, 5.74) is 2.14. The first-order valence-corrected chi connectivity index (χ1v) is 5.17. The first-order valence-electron chi connectivity index (χ1n) is 2.25. The van der Waals surface area contributed by atoms with Crippen LogP contribution >= 0.6 is 11.6 Å². The van der Waals surface area contributed by atoms with Crippen LogP contribution in [0.15, 0.2) is 23.9 Å². The number of allylic oxidation sites excluding steroid dienone is 3. The van der Waals surface area contributed by atoms with Gasteiger partial charge in [0.25, 0.3) is 0 Å². The van der Waals surface area contributed by atoms with Crippen LogP contribution in [-0.4, -0.2) is 7.50 Å². The van der Waals surface area contributed by atoms with Crippen LogP contribution in [-0.2, 0) is 0 Å². The molecule has 36 valence electrons. The Balaban J connectivity index is 2.66. The standard InChI is InChI=1S/C5H6SSi/c6-7-4-2-1-3-5-7/h1-4H,5H2. The van der Waals surface area contributed by atoms with Crippen molar-refractivity contribution in [2.24, 2.45) is 0 Å². The lowest BCUT2D eigenvalue weighted by atomic mass is 10.5. The second kappa shape index (κ2) is 2.28. The molecule has 0 spiro atoms. The molecule has 1 aliphatic heterocycles. The summed E-state index contributed by atoms with van der Waals surface area (Å²) in [6.45, 7) is 0. The predicted octanol–water partition coefficient (Wildman–Crippen LogP) is 1.84. The van der Waals surface area contributed by atoms with Crippen LogP contribution in [0.1, 0.15) is 0 Å². The molecule has 0 aromatic rings. The summed E-state index contributed by atoms with van der Waals surface area (Å²) in [7, 11) is -0.477. The van der Waals surface area contributed by atoms with Gasteiger partial charge in [-0.25, -0.2) is 0 Å². The summed E-state index contributed by atoms with van der Waals surface area (Å²) < 4.78 is 0. The predicted molar refractivity (Wildman–Crippen MR) is 36.4 cm³/mol. The molecule has 0 aliphatic carbocycles. The Kier molecular flexibility index (Phi) is 1.65. The normalized spacial score (nSPS) is 18.0. The van der Waals surface area contributed by atoms with Gasteiger partial charge in [0.15, 0.2) is 0 Å². The smallest absolute Gasteiger partial charge is 0.124 e. The van der Waals surface area contributed by atoms with Crippen LogP contribution in [0, 0.1) is 0 Å². The van der Waals surface area contributed by atoms with Gasteiger partial charge in [0.2, 0.25) is 0 Å². The lowest BCUT2D eigenvalue weighted by Crippen LogP contribution is -1.89. The minimum absolute atomic E-state index is 0.477. The lowest BCUT2D eigenvalue weighted by Gasteiger charge is -1.90. The Morgan fingerprint density at radius 2 is 2.29 bits per heavy atom. The van der Waals surface area contributed by atoms with Crippen molar-refractivity contribution in [3.63, 3.8) is 0 Å². The maximum atomic E-state index is 5.05. The Morgan fingerprint density at radius 1 is 1.43 bits per heavy atom. The minimum atomic E-state index is -0.477. The van der Waals surface area contributed by atoms with E-state index >= 15 is 0 Å². The van der Waals surface area contributed by atoms with Crippen LogP contribution in [0.3, 0.4) is 0 Å². The molecule has 0 nitrogen and oxygen atoms in total. The van der Waals surface area contributed by atoms with Crippen molar-refractivity contribution in [3.8, 4) is 0 Å². The van der Waals surface area contributed by atoms with E-state index in [1.165, 1.54) is 0 Å². The fraction of sp³-hybridized carbons (Fsp3) is 0.200. The third-order valence-corrected chi connectivity index (χ3v) is 2.96. The van der Waals surface area contributed by atoms with Gasteiger partial charge in [-0.1, -0.05) is 23.9 Å². The largest absolute Gasteiger partial charge is 0.134 e. The highest BCUT2D eigenvalue weighted by Crippen LogP contribution is 1.96. The Hall–Kier alpha value is -0.0831. The van der Waals surface area contributed by atoms with Crippen molar-refractivity contribution in [3.05, 3.63) is 23.9 Å². The monoisotopic (exact) mass is 126 g/mol. The third-order valence-electron chi connectivity index (χ3n) is 0.848. The average molecular weight is 126 g/mol. The van der Waals surface area contributed by atoms with E-state index in [-0.39, 0.29) is 0 Å². The van der Waals surface area contributed by atoms with E-state index in [1.807, 2.05) is 6.08 Å². The molecule has 0 aromatic heterocycles. The van der Waals surface area contributed by atoms with Gasteiger partial charge in [-0.15, -0.1) is 11.6 Å². The van der Waals surface area contributed by atoms with Gasteiger partial charge in [-0.05, 0) is 6.04 Å². The highest BCUT2D eigenvalue weighted by Gasteiger charge is 1.89. The molecule has 0 saturated heterocycles. The summed E-state index contributed by atoms with van der Waals surface area (Å²) in [4.78, 5) is 0. The molecular formula is C5H6SSi. The highest BCUT2D eigenvalue weighted by atomic mass is 32.2. The maximum absolute atomic E-state index is 5.05. The Labute approximate surface area is 49.7 Å². The summed E-state index contributed by atoms with van der Waals surface area (Å²) in [6, 6.07) is 1.14. The van der Waals surface area contributed by atoms with Gasteiger partial charge in [0.05, 0.1) is 0 Å². The average Bonchev–Trinajstić information content (AvgIpc) is 1.69. The highest BCUT2D eigenvalue weighted by molar-refractivity contribution is 7.89. The molecule has 0 atom stereocenters. The van der Waals surface area contributed by atoms with E-state index in [9.17, 15) is 0 Å². The quantitative estimate of drug-likeness (QED) is 0.446. The molecular weight excluding hydrogens is 120 g/mol. The molecule has 0 aromatic carbocycles. The van der Waals surface area contributed by atoms with Gasteiger partial charge < -0.3 is 0 Å². The molecule has 1 aliphatic rings. The van der Waals surface area contributed by atoms with Crippen LogP contribution in [0.4, 0.5) is 0 Å². The van der Waals surface area contributed by atoms with Gasteiger partial charge in [-0.3, -0.25) is 0 Å². The van der Waals surface area contributed by atoms with E-state index in [0.29, 0.717) is 0 Å². The van der Waals surface area contributed by atoms with Gasteiger partial charge in [0.1, 0.15) is 7.50 Å². The Bertz CT molecular complexity index is 135. The van der Waals surface area contributed by atoms with Crippen molar-refractivity contribution >= 4 is 19.1 Å². The van der Waals surface area contributed by atoms with E-state index in [0.717, 1.165) is 6.04 Å². The first kappa shape index (κ1) is 5.06. The van der Waals surface area contributed by atoms with Crippen LogP contribution in [0.2, 0.25) is 6.04 Å². The van der Waals surface area contributed by atoms with Crippen molar-refractivity contribution in [2.75, 3.05) is 0 Å². The zero-order chi connectivity index (χ0) is 5.11. The summed E-state index contributed by atoms with van der Waals surface area (Å²) in [6.07, 6.45) is 6.24. The van der Waals surface area contributed by atoms with Crippen LogP contribution < -0.4 is 0 Å². The lowest BCUT2D eigenvalue weighted by molar-refractivity contribution is 1.65.